The molecule has 1 aliphatic heterocycles. The van der Waals surface area contributed by atoms with Gasteiger partial charge in [0.2, 0.25) is 0 Å². The smallest absolute Gasteiger partial charge is 0.329 e. The zero-order valence-electron chi connectivity index (χ0n) is 9.09. The Bertz CT molecular complexity index is 414. The molecule has 0 saturated carbocycles. The summed E-state index contributed by atoms with van der Waals surface area (Å²) in [5.41, 5.74) is 7.37. The number of carbonyl (C=O) groups excluding carboxylic acids is 1. The molecule has 1 heterocycles. The average molecular weight is 218 g/mol. The van der Waals surface area contributed by atoms with Crippen LogP contribution in [-0.2, 0) is 9.53 Å². The highest BCUT2D eigenvalue weighted by Gasteiger charge is 2.29. The van der Waals surface area contributed by atoms with Crippen LogP contribution in [0.2, 0.25) is 0 Å². The molecule has 1 unspecified atom stereocenters. The van der Waals surface area contributed by atoms with Crippen molar-refractivity contribution in [2.24, 2.45) is 10.7 Å². The van der Waals surface area contributed by atoms with Crippen molar-refractivity contribution in [2.75, 3.05) is 6.61 Å². The van der Waals surface area contributed by atoms with Crippen LogP contribution >= 0.6 is 0 Å². The fourth-order valence-corrected chi connectivity index (χ4v) is 1.63. The van der Waals surface area contributed by atoms with Gasteiger partial charge >= 0.3 is 5.97 Å². The fraction of sp³-hybridized carbons (Fsp3) is 0.333. The number of aliphatic imine (C=N–C) groups is 1. The lowest BCUT2D eigenvalue weighted by Gasteiger charge is -2.08. The molecule has 1 aliphatic rings. The maximum Gasteiger partial charge on any atom is 0.329 e. The van der Waals surface area contributed by atoms with Crippen LogP contribution in [0.1, 0.15) is 18.5 Å². The quantitative estimate of drug-likeness (QED) is 0.755. The summed E-state index contributed by atoms with van der Waals surface area (Å²) in [4.78, 5) is 15.5. The molecule has 0 aromatic heterocycles. The highest BCUT2D eigenvalue weighted by molar-refractivity contribution is 6.11. The molecule has 2 rings (SSSR count). The molecule has 4 nitrogen and oxygen atoms in total. The number of ether oxygens (including phenoxy) is 1. The summed E-state index contributed by atoms with van der Waals surface area (Å²) in [6, 6.07) is 9.18. The van der Waals surface area contributed by atoms with Crippen molar-refractivity contribution in [1.82, 2.24) is 0 Å². The predicted octanol–water partition coefficient (Wildman–Crippen LogP) is 1.07. The molecule has 1 aromatic rings. The minimum atomic E-state index is -0.689. The molecule has 4 heteroatoms. The number of hydrogen-bond donors (Lipinski definition) is 1. The SMILES string of the molecule is C[C@H](N=C1COC(=O)C1N)c1ccccc1. The number of rotatable bonds is 2. The lowest BCUT2D eigenvalue weighted by atomic mass is 10.1. The van der Waals surface area contributed by atoms with Crippen LogP contribution in [0.5, 0.6) is 0 Å². The van der Waals surface area contributed by atoms with Gasteiger partial charge in [-0.2, -0.15) is 0 Å². The Balaban J connectivity index is 2.16. The van der Waals surface area contributed by atoms with Crippen LogP contribution in [0, 0.1) is 0 Å². The maximum atomic E-state index is 11.1. The average Bonchev–Trinajstić information content (AvgIpc) is 2.62. The van der Waals surface area contributed by atoms with Crippen LogP contribution in [0.25, 0.3) is 0 Å². The highest BCUT2D eigenvalue weighted by Crippen LogP contribution is 2.17. The first-order valence-corrected chi connectivity index (χ1v) is 5.22. The summed E-state index contributed by atoms with van der Waals surface area (Å²) >= 11 is 0. The van der Waals surface area contributed by atoms with E-state index in [9.17, 15) is 4.79 Å². The van der Waals surface area contributed by atoms with E-state index in [2.05, 4.69) is 4.99 Å². The van der Waals surface area contributed by atoms with Gasteiger partial charge in [0.1, 0.15) is 12.6 Å². The molecule has 1 aromatic carbocycles. The Morgan fingerprint density at radius 2 is 2.12 bits per heavy atom. The summed E-state index contributed by atoms with van der Waals surface area (Å²) in [6.45, 7) is 2.19. The van der Waals surface area contributed by atoms with E-state index in [-0.39, 0.29) is 18.6 Å². The Hall–Kier alpha value is -1.68. The van der Waals surface area contributed by atoms with Gasteiger partial charge in [0, 0.05) is 0 Å². The first-order chi connectivity index (χ1) is 7.68. The second-order valence-electron chi connectivity index (χ2n) is 3.79. The van der Waals surface area contributed by atoms with Gasteiger partial charge in [0.25, 0.3) is 0 Å². The van der Waals surface area contributed by atoms with Crippen molar-refractivity contribution in [3.8, 4) is 0 Å². The van der Waals surface area contributed by atoms with Crippen LogP contribution in [0.4, 0.5) is 0 Å². The Morgan fingerprint density at radius 3 is 2.69 bits per heavy atom. The second-order valence-corrected chi connectivity index (χ2v) is 3.79. The minimum absolute atomic E-state index is 0.00301. The fourth-order valence-electron chi connectivity index (χ4n) is 1.63. The molecule has 16 heavy (non-hydrogen) atoms. The molecule has 1 saturated heterocycles. The number of cyclic esters (lactones) is 1. The maximum absolute atomic E-state index is 11.1. The van der Waals surface area contributed by atoms with Crippen molar-refractivity contribution in [1.29, 1.82) is 0 Å². The van der Waals surface area contributed by atoms with Gasteiger partial charge in [-0.15, -0.1) is 0 Å². The molecule has 84 valence electrons. The van der Waals surface area contributed by atoms with Crippen LogP contribution in [-0.4, -0.2) is 24.3 Å². The molecule has 0 aliphatic carbocycles. The van der Waals surface area contributed by atoms with Gasteiger partial charge < -0.3 is 10.5 Å². The topological polar surface area (TPSA) is 64.7 Å². The van der Waals surface area contributed by atoms with Gasteiger partial charge in [-0.3, -0.25) is 4.99 Å². The van der Waals surface area contributed by atoms with E-state index < -0.39 is 6.04 Å². The Labute approximate surface area is 94.1 Å². The Morgan fingerprint density at radius 1 is 1.44 bits per heavy atom. The molecule has 0 amide bonds. The summed E-state index contributed by atoms with van der Waals surface area (Å²) < 4.78 is 4.82. The first kappa shape index (κ1) is 10.8. The molecule has 0 radical (unpaired) electrons. The van der Waals surface area contributed by atoms with E-state index in [1.165, 1.54) is 0 Å². The summed E-state index contributed by atoms with van der Waals surface area (Å²) in [5, 5.41) is 0. The third kappa shape index (κ3) is 2.12. The van der Waals surface area contributed by atoms with E-state index in [0.29, 0.717) is 5.71 Å². The normalized spacial score (nSPS) is 24.5. The lowest BCUT2D eigenvalue weighted by Crippen LogP contribution is -2.32. The largest absolute Gasteiger partial charge is 0.458 e. The Kier molecular flexibility index (Phi) is 3.01. The number of hydrogen-bond acceptors (Lipinski definition) is 4. The van der Waals surface area contributed by atoms with E-state index in [1.54, 1.807) is 0 Å². The van der Waals surface area contributed by atoms with Crippen LogP contribution < -0.4 is 5.73 Å². The third-order valence-electron chi connectivity index (χ3n) is 2.62. The molecule has 1 fully saturated rings. The number of benzene rings is 1. The molecule has 2 atom stereocenters. The summed E-state index contributed by atoms with van der Waals surface area (Å²) in [7, 11) is 0. The monoisotopic (exact) mass is 218 g/mol. The predicted molar refractivity (Wildman–Crippen MR) is 61.2 cm³/mol. The van der Waals surface area contributed by atoms with E-state index in [1.807, 2.05) is 37.3 Å². The molecular weight excluding hydrogens is 204 g/mol. The van der Waals surface area contributed by atoms with Crippen LogP contribution in [0.15, 0.2) is 35.3 Å². The van der Waals surface area contributed by atoms with Gasteiger partial charge in [-0.1, -0.05) is 30.3 Å². The standard InChI is InChI=1S/C12H14N2O2/c1-8(9-5-3-2-4-6-9)14-10-7-16-12(15)11(10)13/h2-6,8,11H,7,13H2,1H3/t8-,11?/m0/s1. The molecule has 0 bridgehead atoms. The van der Waals surface area contributed by atoms with Gasteiger partial charge in [0.05, 0.1) is 11.8 Å². The summed E-state index contributed by atoms with van der Waals surface area (Å²) in [6.07, 6.45) is 0. The van der Waals surface area contributed by atoms with E-state index in [4.69, 9.17) is 10.5 Å². The van der Waals surface area contributed by atoms with Crippen molar-refractivity contribution in [3.05, 3.63) is 35.9 Å². The van der Waals surface area contributed by atoms with Crippen molar-refractivity contribution < 1.29 is 9.53 Å². The first-order valence-electron chi connectivity index (χ1n) is 5.22. The van der Waals surface area contributed by atoms with Gasteiger partial charge in [-0.25, -0.2) is 4.79 Å². The summed E-state index contributed by atoms with van der Waals surface area (Å²) in [5.74, 6) is -0.390. The van der Waals surface area contributed by atoms with E-state index in [0.717, 1.165) is 5.56 Å². The second kappa shape index (κ2) is 4.45. The molecule has 2 N–H and O–H groups in total. The number of esters is 1. The van der Waals surface area contributed by atoms with Crippen molar-refractivity contribution >= 4 is 11.7 Å². The zero-order chi connectivity index (χ0) is 11.5. The lowest BCUT2D eigenvalue weighted by molar-refractivity contribution is -0.139. The van der Waals surface area contributed by atoms with Crippen LogP contribution in [0.3, 0.4) is 0 Å². The van der Waals surface area contributed by atoms with Gasteiger partial charge in [-0.05, 0) is 12.5 Å². The number of nitrogens with two attached hydrogens (primary N) is 1. The van der Waals surface area contributed by atoms with Gasteiger partial charge in [0.15, 0.2) is 0 Å². The minimum Gasteiger partial charge on any atom is -0.458 e. The molecule has 0 spiro atoms. The highest BCUT2D eigenvalue weighted by atomic mass is 16.5. The van der Waals surface area contributed by atoms with Crippen molar-refractivity contribution in [2.45, 2.75) is 19.0 Å². The number of nitrogens with zero attached hydrogens (tertiary/aromatic N) is 1. The van der Waals surface area contributed by atoms with Crippen molar-refractivity contribution in [3.63, 3.8) is 0 Å². The third-order valence-corrected chi connectivity index (χ3v) is 2.62. The molecular formula is C12H14N2O2. The zero-order valence-corrected chi connectivity index (χ0v) is 9.09. The number of carbonyl (C=O) groups is 1. The van der Waals surface area contributed by atoms with E-state index >= 15 is 0 Å².